The lowest BCUT2D eigenvalue weighted by molar-refractivity contribution is 0.977. The van der Waals surface area contributed by atoms with Crippen molar-refractivity contribution < 1.29 is 0 Å². The minimum atomic E-state index is -0.275. The van der Waals surface area contributed by atoms with Crippen molar-refractivity contribution in [3.05, 3.63) is 81.2 Å². The van der Waals surface area contributed by atoms with Gasteiger partial charge in [0, 0.05) is 22.2 Å². The zero-order valence-corrected chi connectivity index (χ0v) is 15.9. The van der Waals surface area contributed by atoms with Crippen LogP contribution in [0.3, 0.4) is 0 Å². The molecule has 5 rings (SSSR count). The first-order chi connectivity index (χ1) is 13.2. The summed E-state index contributed by atoms with van der Waals surface area (Å²) in [4.78, 5) is 15.5. The summed E-state index contributed by atoms with van der Waals surface area (Å²) in [6, 6.07) is 14.5. The van der Waals surface area contributed by atoms with Crippen molar-refractivity contribution in [2.45, 2.75) is 31.7 Å². The number of hydrogen-bond acceptors (Lipinski definition) is 5. The fourth-order valence-corrected chi connectivity index (χ4v) is 4.33. The van der Waals surface area contributed by atoms with Gasteiger partial charge in [-0.1, -0.05) is 35.9 Å². The van der Waals surface area contributed by atoms with Gasteiger partial charge in [0.2, 0.25) is 0 Å². The molecule has 1 aliphatic heterocycles. The van der Waals surface area contributed by atoms with Crippen molar-refractivity contribution in [2.24, 2.45) is 15.7 Å². The topological polar surface area (TPSA) is 63.6 Å². The Hall–Kier alpha value is -2.79. The van der Waals surface area contributed by atoms with Crippen molar-refractivity contribution in [1.82, 2.24) is 4.98 Å². The number of pyridine rings is 1. The Morgan fingerprint density at radius 1 is 1.07 bits per heavy atom. The first-order valence-corrected chi connectivity index (χ1v) is 10.1. The van der Waals surface area contributed by atoms with E-state index in [1.807, 2.05) is 12.3 Å². The van der Waals surface area contributed by atoms with Crippen LogP contribution in [-0.2, 0) is 0 Å². The van der Waals surface area contributed by atoms with Crippen molar-refractivity contribution in [3.8, 4) is 0 Å². The van der Waals surface area contributed by atoms with E-state index in [4.69, 9.17) is 15.7 Å². The molecule has 1 aliphatic carbocycles. The highest BCUT2D eigenvalue weighted by Gasteiger charge is 2.32. The lowest BCUT2D eigenvalue weighted by Gasteiger charge is -2.14. The molecule has 2 aromatic heterocycles. The van der Waals surface area contributed by atoms with Crippen molar-refractivity contribution >= 4 is 28.7 Å². The molecule has 1 fully saturated rings. The molecule has 0 spiro atoms. The van der Waals surface area contributed by atoms with Crippen LogP contribution in [0.5, 0.6) is 0 Å². The summed E-state index contributed by atoms with van der Waals surface area (Å²) in [5.41, 5.74) is 12.0. The quantitative estimate of drug-likeness (QED) is 0.710. The maximum atomic E-state index is 6.40. The highest BCUT2D eigenvalue weighted by atomic mass is 32.1. The van der Waals surface area contributed by atoms with E-state index in [1.165, 1.54) is 24.0 Å². The third kappa shape index (κ3) is 2.98. The average Bonchev–Trinajstić information content (AvgIpc) is 3.41. The van der Waals surface area contributed by atoms with Crippen molar-refractivity contribution in [1.29, 1.82) is 0 Å². The van der Waals surface area contributed by atoms with E-state index < -0.39 is 0 Å². The molecule has 134 valence electrons. The summed E-state index contributed by atoms with van der Waals surface area (Å²) in [7, 11) is 0. The van der Waals surface area contributed by atoms with Gasteiger partial charge in [0.15, 0.2) is 5.82 Å². The number of nitrogens with zero attached hydrogens (tertiary/aromatic N) is 3. The van der Waals surface area contributed by atoms with Gasteiger partial charge in [0.1, 0.15) is 11.9 Å². The van der Waals surface area contributed by atoms with E-state index in [-0.39, 0.29) is 6.04 Å². The number of rotatable bonds is 3. The molecule has 27 heavy (non-hydrogen) atoms. The molecular weight excluding hydrogens is 352 g/mol. The van der Waals surface area contributed by atoms with Crippen LogP contribution in [0, 0.1) is 6.92 Å². The number of aliphatic imine (C=N–C) groups is 2. The first kappa shape index (κ1) is 16.4. The Morgan fingerprint density at radius 2 is 1.89 bits per heavy atom. The Labute approximate surface area is 162 Å². The van der Waals surface area contributed by atoms with E-state index in [0.717, 1.165) is 21.7 Å². The van der Waals surface area contributed by atoms with E-state index in [0.29, 0.717) is 17.6 Å². The second kappa shape index (κ2) is 6.43. The molecule has 0 radical (unpaired) electrons. The molecule has 3 heterocycles. The van der Waals surface area contributed by atoms with Crippen LogP contribution in [-0.4, -0.2) is 16.5 Å². The molecule has 1 aromatic carbocycles. The lowest BCUT2D eigenvalue weighted by atomic mass is 9.95. The Kier molecular flexibility index (Phi) is 3.90. The molecule has 0 bridgehead atoms. The molecule has 4 nitrogen and oxygen atoms in total. The highest BCUT2D eigenvalue weighted by molar-refractivity contribution is 7.10. The van der Waals surface area contributed by atoms with Crippen LogP contribution >= 0.6 is 11.3 Å². The third-order valence-corrected chi connectivity index (χ3v) is 6.05. The van der Waals surface area contributed by atoms with E-state index in [2.05, 4.69) is 53.7 Å². The van der Waals surface area contributed by atoms with Gasteiger partial charge in [0.25, 0.3) is 0 Å². The summed E-state index contributed by atoms with van der Waals surface area (Å²) >= 11 is 1.66. The molecular formula is C22H20N4S. The molecule has 0 saturated heterocycles. The van der Waals surface area contributed by atoms with Crippen LogP contribution in [0.15, 0.2) is 64.0 Å². The van der Waals surface area contributed by atoms with Crippen LogP contribution in [0.1, 0.15) is 51.9 Å². The maximum Gasteiger partial charge on any atom is 0.163 e. The predicted octanol–water partition coefficient (Wildman–Crippen LogP) is 4.91. The monoisotopic (exact) mass is 372 g/mol. The molecule has 1 atom stereocenters. The second-order valence-corrected chi connectivity index (χ2v) is 8.15. The Morgan fingerprint density at radius 3 is 2.59 bits per heavy atom. The standard InChI is InChI=1S/C22H20N4S/c1-13-4-6-15(7-5-13)19-18-16(14-8-9-14)10-11-24-22(18)26-21(23)20(25-19)17-3-2-12-27-17/h2-7,10-12,14,20H,8-9H2,1H3,(H2,23,24,26). The highest BCUT2D eigenvalue weighted by Crippen LogP contribution is 2.45. The first-order valence-electron chi connectivity index (χ1n) is 9.22. The van der Waals surface area contributed by atoms with Crippen molar-refractivity contribution in [2.75, 3.05) is 0 Å². The minimum Gasteiger partial charge on any atom is -0.385 e. The van der Waals surface area contributed by atoms with Gasteiger partial charge < -0.3 is 5.73 Å². The molecule has 1 saturated carbocycles. The van der Waals surface area contributed by atoms with Gasteiger partial charge >= 0.3 is 0 Å². The number of amidine groups is 1. The molecule has 1 unspecified atom stereocenters. The average molecular weight is 372 g/mol. The molecule has 2 aliphatic rings. The number of nitrogens with two attached hydrogens (primary N) is 1. The largest absolute Gasteiger partial charge is 0.385 e. The van der Waals surface area contributed by atoms with Gasteiger partial charge in [-0.2, -0.15) is 0 Å². The van der Waals surface area contributed by atoms with Crippen LogP contribution in [0.4, 0.5) is 5.82 Å². The number of fused-ring (bicyclic) bond motifs is 1. The zero-order valence-electron chi connectivity index (χ0n) is 15.1. The zero-order chi connectivity index (χ0) is 18.4. The third-order valence-electron chi connectivity index (χ3n) is 5.13. The fourth-order valence-electron chi connectivity index (χ4n) is 3.56. The van der Waals surface area contributed by atoms with E-state index in [1.54, 1.807) is 11.3 Å². The van der Waals surface area contributed by atoms with Gasteiger partial charge in [-0.3, -0.25) is 4.99 Å². The van der Waals surface area contributed by atoms with E-state index >= 15 is 0 Å². The summed E-state index contributed by atoms with van der Waals surface area (Å²) in [5.74, 6) is 1.77. The van der Waals surface area contributed by atoms with Gasteiger partial charge in [-0.05, 0) is 48.8 Å². The van der Waals surface area contributed by atoms with Crippen LogP contribution < -0.4 is 5.73 Å². The smallest absolute Gasteiger partial charge is 0.163 e. The Bertz CT molecular complexity index is 1040. The predicted molar refractivity (Wildman–Crippen MR) is 111 cm³/mol. The normalized spacial score (nSPS) is 19.1. The van der Waals surface area contributed by atoms with E-state index in [9.17, 15) is 0 Å². The molecule has 0 amide bonds. The fraction of sp³-hybridized carbons (Fsp3) is 0.227. The SMILES string of the molecule is Cc1ccc(C2=NC(c3cccs3)C(N)=Nc3nccc(C4CC4)c32)cc1. The number of benzene rings is 1. The minimum absolute atomic E-state index is 0.275. The number of hydrogen-bond donors (Lipinski definition) is 1. The van der Waals surface area contributed by atoms with Gasteiger partial charge in [0.05, 0.1) is 5.71 Å². The Balaban J connectivity index is 1.77. The van der Waals surface area contributed by atoms with Crippen LogP contribution in [0.25, 0.3) is 0 Å². The molecule has 5 heteroatoms. The molecule has 2 N–H and O–H groups in total. The lowest BCUT2D eigenvalue weighted by Crippen LogP contribution is -2.20. The van der Waals surface area contributed by atoms with Gasteiger partial charge in [-0.25, -0.2) is 9.98 Å². The van der Waals surface area contributed by atoms with Crippen molar-refractivity contribution in [3.63, 3.8) is 0 Å². The summed E-state index contributed by atoms with van der Waals surface area (Å²) in [6.45, 7) is 2.10. The van der Waals surface area contributed by atoms with Gasteiger partial charge in [-0.15, -0.1) is 11.3 Å². The number of thiophene rings is 1. The van der Waals surface area contributed by atoms with Crippen LogP contribution in [0.2, 0.25) is 0 Å². The number of aryl methyl sites for hydroxylation is 1. The summed E-state index contributed by atoms with van der Waals surface area (Å²) in [5, 5.41) is 2.05. The number of aromatic nitrogens is 1. The summed E-state index contributed by atoms with van der Waals surface area (Å²) < 4.78 is 0. The summed E-state index contributed by atoms with van der Waals surface area (Å²) in [6.07, 6.45) is 4.28. The second-order valence-electron chi connectivity index (χ2n) is 7.17. The molecule has 3 aromatic rings. The maximum absolute atomic E-state index is 6.40.